The Morgan fingerprint density at radius 2 is 1.96 bits per heavy atom. The number of aryl methyl sites for hydroxylation is 1. The van der Waals surface area contributed by atoms with Crippen LogP contribution >= 0.6 is 11.8 Å². The van der Waals surface area contributed by atoms with E-state index in [-0.39, 0.29) is 11.2 Å². The van der Waals surface area contributed by atoms with Crippen LogP contribution in [-0.4, -0.2) is 58.9 Å². The number of anilines is 1. The fraction of sp³-hybridized carbons (Fsp3) is 0.500. The van der Waals surface area contributed by atoms with Crippen LogP contribution in [0, 0.1) is 6.92 Å². The first-order chi connectivity index (χ1) is 12.6. The number of thioether (sulfide) groups is 1. The molecule has 0 radical (unpaired) electrons. The summed E-state index contributed by atoms with van der Waals surface area (Å²) in [4.78, 5) is 14.2. The van der Waals surface area contributed by atoms with Gasteiger partial charge in [0.2, 0.25) is 5.95 Å². The molecular formula is C18H24N4O3S. The van der Waals surface area contributed by atoms with Crippen molar-refractivity contribution in [2.24, 2.45) is 0 Å². The Balaban J connectivity index is 1.94. The zero-order chi connectivity index (χ0) is 18.5. The molecule has 1 aliphatic heterocycles. The largest absolute Gasteiger partial charge is 0.465 e. The second-order valence-electron chi connectivity index (χ2n) is 6.07. The minimum Gasteiger partial charge on any atom is -0.465 e. The molecule has 0 spiro atoms. The third kappa shape index (κ3) is 4.19. The summed E-state index contributed by atoms with van der Waals surface area (Å²) in [5, 5.41) is 9.08. The molecule has 1 fully saturated rings. The summed E-state index contributed by atoms with van der Waals surface area (Å²) in [5.41, 5.74) is 2.16. The minimum atomic E-state index is -0.360. The summed E-state index contributed by atoms with van der Waals surface area (Å²) in [6, 6.07) is 8.20. The van der Waals surface area contributed by atoms with Crippen molar-refractivity contribution in [3.63, 3.8) is 0 Å². The van der Waals surface area contributed by atoms with Gasteiger partial charge in [-0.3, -0.25) is 9.36 Å². The maximum Gasteiger partial charge on any atom is 0.319 e. The average Bonchev–Trinajstić information content (AvgIpc) is 3.07. The Bertz CT molecular complexity index is 741. The van der Waals surface area contributed by atoms with Crippen LogP contribution in [0.3, 0.4) is 0 Å². The summed E-state index contributed by atoms with van der Waals surface area (Å²) in [5.74, 6) is 0.527. The van der Waals surface area contributed by atoms with Crippen molar-refractivity contribution in [2.45, 2.75) is 31.2 Å². The molecule has 140 valence electrons. The highest BCUT2D eigenvalue weighted by molar-refractivity contribution is 8.00. The number of hydrogen-bond donors (Lipinski definition) is 0. The van der Waals surface area contributed by atoms with Crippen LogP contribution in [0.2, 0.25) is 0 Å². The minimum absolute atomic E-state index is 0.246. The Morgan fingerprint density at radius 1 is 1.27 bits per heavy atom. The molecule has 2 aromatic rings. The summed E-state index contributed by atoms with van der Waals surface area (Å²) in [7, 11) is 0. The average molecular weight is 376 g/mol. The van der Waals surface area contributed by atoms with Crippen LogP contribution in [0.1, 0.15) is 19.4 Å². The predicted molar refractivity (Wildman–Crippen MR) is 101 cm³/mol. The molecule has 0 N–H and O–H groups in total. The molecule has 2 heterocycles. The number of esters is 1. The van der Waals surface area contributed by atoms with Gasteiger partial charge in [-0.2, -0.15) is 0 Å². The molecule has 3 rings (SSSR count). The zero-order valence-electron chi connectivity index (χ0n) is 15.3. The molecule has 0 aliphatic carbocycles. The molecule has 1 aromatic heterocycles. The number of nitrogens with zero attached hydrogens (tertiary/aromatic N) is 4. The van der Waals surface area contributed by atoms with E-state index in [1.165, 1.54) is 17.3 Å². The Labute approximate surface area is 157 Å². The highest BCUT2D eigenvalue weighted by Crippen LogP contribution is 2.30. The lowest BCUT2D eigenvalue weighted by Crippen LogP contribution is -2.37. The quantitative estimate of drug-likeness (QED) is 0.566. The van der Waals surface area contributed by atoms with E-state index in [9.17, 15) is 4.79 Å². The standard InChI is InChI=1S/C18H24N4O3S/c1-4-25-16(23)14(3)26-18-20-19-17(21-9-11-24-12-10-21)22(18)15-7-5-13(2)6-8-15/h5-8,14H,4,9-12H2,1-3H3/t14-/m0/s1. The lowest BCUT2D eigenvalue weighted by atomic mass is 10.2. The van der Waals surface area contributed by atoms with Gasteiger partial charge in [0.15, 0.2) is 5.16 Å². The first-order valence-electron chi connectivity index (χ1n) is 8.78. The normalized spacial score (nSPS) is 15.7. The number of ether oxygens (including phenoxy) is 2. The van der Waals surface area contributed by atoms with Crippen LogP contribution in [0.25, 0.3) is 5.69 Å². The number of carbonyl (C=O) groups excluding carboxylic acids is 1. The van der Waals surface area contributed by atoms with Gasteiger partial charge in [0, 0.05) is 13.1 Å². The lowest BCUT2D eigenvalue weighted by Gasteiger charge is -2.28. The van der Waals surface area contributed by atoms with Crippen LogP contribution in [0.5, 0.6) is 0 Å². The SMILES string of the molecule is CCOC(=O)[C@H](C)Sc1nnc(N2CCOCC2)n1-c1ccc(C)cc1. The van der Waals surface area contributed by atoms with Crippen molar-refractivity contribution >= 4 is 23.7 Å². The number of morpholine rings is 1. The summed E-state index contributed by atoms with van der Waals surface area (Å²) >= 11 is 1.36. The van der Waals surface area contributed by atoms with Gasteiger partial charge >= 0.3 is 5.97 Å². The molecular weight excluding hydrogens is 352 g/mol. The zero-order valence-corrected chi connectivity index (χ0v) is 16.2. The maximum atomic E-state index is 12.0. The number of hydrogen-bond acceptors (Lipinski definition) is 7. The van der Waals surface area contributed by atoms with E-state index in [0.717, 1.165) is 24.7 Å². The Hall–Kier alpha value is -2.06. The number of carbonyl (C=O) groups is 1. The molecule has 8 heteroatoms. The topological polar surface area (TPSA) is 69.5 Å². The predicted octanol–water partition coefficient (Wildman–Crippen LogP) is 2.46. The van der Waals surface area contributed by atoms with Gasteiger partial charge in [0.05, 0.1) is 25.5 Å². The molecule has 26 heavy (non-hydrogen) atoms. The summed E-state index contributed by atoms with van der Waals surface area (Å²) in [6.45, 7) is 8.92. The molecule has 7 nitrogen and oxygen atoms in total. The number of aromatic nitrogens is 3. The molecule has 0 amide bonds. The van der Waals surface area contributed by atoms with Gasteiger partial charge in [-0.25, -0.2) is 0 Å². The van der Waals surface area contributed by atoms with Gasteiger partial charge in [-0.15, -0.1) is 10.2 Å². The number of benzene rings is 1. The first-order valence-corrected chi connectivity index (χ1v) is 9.66. The van der Waals surface area contributed by atoms with E-state index in [4.69, 9.17) is 9.47 Å². The molecule has 1 aliphatic rings. The van der Waals surface area contributed by atoms with Crippen LogP contribution < -0.4 is 4.90 Å². The van der Waals surface area contributed by atoms with E-state index in [2.05, 4.69) is 34.2 Å². The van der Waals surface area contributed by atoms with Crippen molar-refractivity contribution < 1.29 is 14.3 Å². The van der Waals surface area contributed by atoms with E-state index < -0.39 is 0 Å². The first kappa shape index (κ1) is 18.7. The fourth-order valence-electron chi connectivity index (χ4n) is 2.69. The van der Waals surface area contributed by atoms with Crippen LogP contribution in [-0.2, 0) is 14.3 Å². The molecule has 0 unspecified atom stereocenters. The van der Waals surface area contributed by atoms with E-state index in [0.29, 0.717) is 25.0 Å². The second-order valence-corrected chi connectivity index (χ2v) is 7.37. The third-order valence-corrected chi connectivity index (χ3v) is 5.12. The fourth-order valence-corrected chi connectivity index (χ4v) is 3.55. The Kier molecular flexibility index (Phi) is 6.16. The van der Waals surface area contributed by atoms with Crippen molar-refractivity contribution in [1.29, 1.82) is 0 Å². The van der Waals surface area contributed by atoms with Gasteiger partial charge in [0.25, 0.3) is 0 Å². The molecule has 1 saturated heterocycles. The van der Waals surface area contributed by atoms with Crippen LogP contribution in [0.4, 0.5) is 5.95 Å². The van der Waals surface area contributed by atoms with Gasteiger partial charge in [0.1, 0.15) is 5.25 Å². The molecule has 0 saturated carbocycles. The lowest BCUT2D eigenvalue weighted by molar-refractivity contribution is -0.142. The van der Waals surface area contributed by atoms with Crippen molar-refractivity contribution in [3.05, 3.63) is 29.8 Å². The van der Waals surface area contributed by atoms with Crippen molar-refractivity contribution in [3.8, 4) is 5.69 Å². The van der Waals surface area contributed by atoms with E-state index in [1.54, 1.807) is 6.92 Å². The molecule has 1 aromatic carbocycles. The maximum absolute atomic E-state index is 12.0. The Morgan fingerprint density at radius 3 is 2.62 bits per heavy atom. The smallest absolute Gasteiger partial charge is 0.319 e. The van der Waals surface area contributed by atoms with Crippen molar-refractivity contribution in [2.75, 3.05) is 37.8 Å². The third-order valence-electron chi connectivity index (χ3n) is 4.10. The molecule has 0 bridgehead atoms. The highest BCUT2D eigenvalue weighted by atomic mass is 32.2. The van der Waals surface area contributed by atoms with Gasteiger partial charge in [-0.05, 0) is 32.9 Å². The summed E-state index contributed by atoms with van der Waals surface area (Å²) < 4.78 is 12.6. The van der Waals surface area contributed by atoms with Crippen molar-refractivity contribution in [1.82, 2.24) is 14.8 Å². The van der Waals surface area contributed by atoms with Gasteiger partial charge in [-0.1, -0.05) is 29.5 Å². The van der Waals surface area contributed by atoms with Gasteiger partial charge < -0.3 is 14.4 Å². The highest BCUT2D eigenvalue weighted by Gasteiger charge is 2.25. The summed E-state index contributed by atoms with van der Waals surface area (Å²) in [6.07, 6.45) is 0. The second kappa shape index (κ2) is 8.55. The molecule has 1 atom stereocenters. The monoisotopic (exact) mass is 376 g/mol. The number of rotatable bonds is 6. The van der Waals surface area contributed by atoms with Crippen LogP contribution in [0.15, 0.2) is 29.4 Å². The van der Waals surface area contributed by atoms with E-state index >= 15 is 0 Å². The van der Waals surface area contributed by atoms with E-state index in [1.807, 2.05) is 23.6 Å².